The highest BCUT2D eigenvalue weighted by Gasteiger charge is 2.54. The molecule has 0 radical (unpaired) electrons. The second kappa shape index (κ2) is 5.37. The molecule has 1 aromatic rings. The summed E-state index contributed by atoms with van der Waals surface area (Å²) in [6.45, 7) is 7.78. The summed E-state index contributed by atoms with van der Waals surface area (Å²) >= 11 is 0. The predicted molar refractivity (Wildman–Crippen MR) is 93.5 cm³/mol. The van der Waals surface area contributed by atoms with E-state index in [2.05, 4.69) is 25.7 Å². The third kappa shape index (κ3) is 2.78. The van der Waals surface area contributed by atoms with Crippen LogP contribution < -0.4 is 4.90 Å². The molecule has 0 N–H and O–H groups in total. The Bertz CT molecular complexity index is 730. The molecular formula is C20H25FN2O2. The zero-order valence-corrected chi connectivity index (χ0v) is 15.1. The maximum absolute atomic E-state index is 13.2. The Morgan fingerprint density at radius 1 is 1.08 bits per heavy atom. The van der Waals surface area contributed by atoms with Crippen molar-refractivity contribution in [3.63, 3.8) is 0 Å². The van der Waals surface area contributed by atoms with Crippen molar-refractivity contribution in [2.75, 3.05) is 11.4 Å². The third-order valence-electron chi connectivity index (χ3n) is 6.06. The number of benzene rings is 1. The van der Waals surface area contributed by atoms with E-state index in [4.69, 9.17) is 0 Å². The minimum Gasteiger partial charge on any atom is -0.288 e. The van der Waals surface area contributed by atoms with Crippen LogP contribution in [0, 0.1) is 16.6 Å². The van der Waals surface area contributed by atoms with Gasteiger partial charge in [0.2, 0.25) is 5.91 Å². The molecule has 0 aromatic heterocycles. The van der Waals surface area contributed by atoms with Crippen molar-refractivity contribution >= 4 is 17.5 Å². The topological polar surface area (TPSA) is 40.6 Å². The van der Waals surface area contributed by atoms with E-state index in [-0.39, 0.29) is 40.9 Å². The van der Waals surface area contributed by atoms with Crippen LogP contribution in [0.15, 0.2) is 24.3 Å². The molecule has 0 spiro atoms. The van der Waals surface area contributed by atoms with Crippen LogP contribution in [-0.4, -0.2) is 35.3 Å². The molecule has 4 nitrogen and oxygen atoms in total. The van der Waals surface area contributed by atoms with E-state index in [0.29, 0.717) is 11.7 Å². The molecule has 5 heteroatoms. The van der Waals surface area contributed by atoms with Crippen LogP contribution in [0.4, 0.5) is 10.1 Å². The average Bonchev–Trinajstić information content (AvgIpc) is 2.92. The summed E-state index contributed by atoms with van der Waals surface area (Å²) in [5, 5.41) is 0. The SMILES string of the molecule is CC1(C)C[C@H]2C[C@@](C)(CN2[C@@H]2CC(=O)N(c3ccc(F)cc3)C2=O)C1. The van der Waals surface area contributed by atoms with Gasteiger partial charge in [-0.1, -0.05) is 20.8 Å². The number of anilines is 1. The number of carbonyl (C=O) groups is 2. The highest BCUT2D eigenvalue weighted by Crippen LogP contribution is 2.53. The van der Waals surface area contributed by atoms with Gasteiger partial charge in [0, 0.05) is 12.6 Å². The van der Waals surface area contributed by atoms with Gasteiger partial charge < -0.3 is 0 Å². The van der Waals surface area contributed by atoms with Crippen molar-refractivity contribution in [1.29, 1.82) is 0 Å². The molecule has 2 saturated heterocycles. The van der Waals surface area contributed by atoms with Crippen molar-refractivity contribution in [1.82, 2.24) is 4.90 Å². The minimum absolute atomic E-state index is 0.162. The number of halogens is 1. The number of hydrogen-bond donors (Lipinski definition) is 0. The molecule has 1 saturated carbocycles. The monoisotopic (exact) mass is 344 g/mol. The number of hydrogen-bond acceptors (Lipinski definition) is 3. The van der Waals surface area contributed by atoms with Crippen LogP contribution in [-0.2, 0) is 9.59 Å². The minimum atomic E-state index is -0.377. The lowest BCUT2D eigenvalue weighted by atomic mass is 9.65. The number of rotatable bonds is 2. The Kier molecular flexibility index (Phi) is 3.59. The lowest BCUT2D eigenvalue weighted by Gasteiger charge is -2.40. The first-order valence-corrected chi connectivity index (χ1v) is 9.06. The Labute approximate surface area is 148 Å². The Morgan fingerprint density at radius 3 is 2.44 bits per heavy atom. The fourth-order valence-corrected chi connectivity index (χ4v) is 5.60. The number of nitrogens with zero attached hydrogens (tertiary/aromatic N) is 2. The van der Waals surface area contributed by atoms with Crippen LogP contribution in [0.25, 0.3) is 0 Å². The van der Waals surface area contributed by atoms with E-state index < -0.39 is 0 Å². The first-order valence-electron chi connectivity index (χ1n) is 9.06. The number of likely N-dealkylation sites (tertiary alicyclic amines) is 1. The number of amides is 2. The van der Waals surface area contributed by atoms with Gasteiger partial charge in [0.25, 0.3) is 5.91 Å². The van der Waals surface area contributed by atoms with Crippen molar-refractivity contribution < 1.29 is 14.0 Å². The molecule has 2 heterocycles. The molecule has 3 atom stereocenters. The molecule has 1 aromatic carbocycles. The fourth-order valence-electron chi connectivity index (χ4n) is 5.60. The van der Waals surface area contributed by atoms with E-state index in [9.17, 15) is 14.0 Å². The summed E-state index contributed by atoms with van der Waals surface area (Å²) in [7, 11) is 0. The molecule has 25 heavy (non-hydrogen) atoms. The lowest BCUT2D eigenvalue weighted by molar-refractivity contribution is -0.123. The van der Waals surface area contributed by atoms with Crippen molar-refractivity contribution in [2.45, 2.75) is 58.5 Å². The van der Waals surface area contributed by atoms with Gasteiger partial charge in [0.05, 0.1) is 18.2 Å². The van der Waals surface area contributed by atoms with Gasteiger partial charge in [-0.2, -0.15) is 0 Å². The fraction of sp³-hybridized carbons (Fsp3) is 0.600. The normalized spacial score (nSPS) is 34.8. The Balaban J connectivity index is 1.59. The van der Waals surface area contributed by atoms with Gasteiger partial charge in [-0.05, 0) is 54.4 Å². The van der Waals surface area contributed by atoms with Gasteiger partial charge in [-0.25, -0.2) is 9.29 Å². The molecular weight excluding hydrogens is 319 g/mol. The first-order chi connectivity index (χ1) is 11.7. The summed E-state index contributed by atoms with van der Waals surface area (Å²) in [5.74, 6) is -0.721. The van der Waals surface area contributed by atoms with Crippen molar-refractivity contribution in [3.05, 3.63) is 30.1 Å². The molecule has 134 valence electrons. The van der Waals surface area contributed by atoms with Crippen LogP contribution in [0.5, 0.6) is 0 Å². The Morgan fingerprint density at radius 2 is 1.76 bits per heavy atom. The molecule has 2 aliphatic heterocycles. The van der Waals surface area contributed by atoms with Crippen LogP contribution >= 0.6 is 0 Å². The van der Waals surface area contributed by atoms with Gasteiger partial charge >= 0.3 is 0 Å². The summed E-state index contributed by atoms with van der Waals surface area (Å²) in [6, 6.07) is 5.56. The maximum atomic E-state index is 13.2. The van der Waals surface area contributed by atoms with E-state index >= 15 is 0 Å². The smallest absolute Gasteiger partial charge is 0.251 e. The van der Waals surface area contributed by atoms with Crippen molar-refractivity contribution in [2.24, 2.45) is 10.8 Å². The summed E-state index contributed by atoms with van der Waals surface area (Å²) < 4.78 is 13.2. The summed E-state index contributed by atoms with van der Waals surface area (Å²) in [6.07, 6.45) is 3.55. The van der Waals surface area contributed by atoms with Gasteiger partial charge in [-0.3, -0.25) is 14.5 Å². The first kappa shape index (κ1) is 16.7. The van der Waals surface area contributed by atoms with Gasteiger partial charge in [-0.15, -0.1) is 0 Å². The molecule has 2 amide bonds. The quantitative estimate of drug-likeness (QED) is 0.773. The number of fused-ring (bicyclic) bond motifs is 2. The third-order valence-corrected chi connectivity index (χ3v) is 6.06. The molecule has 3 aliphatic rings. The second-order valence-electron chi connectivity index (χ2n) is 9.15. The molecule has 3 fully saturated rings. The zero-order valence-electron chi connectivity index (χ0n) is 15.1. The van der Waals surface area contributed by atoms with Gasteiger partial charge in [0.1, 0.15) is 5.82 Å². The van der Waals surface area contributed by atoms with Crippen molar-refractivity contribution in [3.8, 4) is 0 Å². The zero-order chi connectivity index (χ0) is 18.0. The van der Waals surface area contributed by atoms with Crippen LogP contribution in [0.1, 0.15) is 46.5 Å². The van der Waals surface area contributed by atoms with Crippen LogP contribution in [0.3, 0.4) is 0 Å². The number of carbonyl (C=O) groups excluding carboxylic acids is 2. The van der Waals surface area contributed by atoms with E-state index in [0.717, 1.165) is 25.8 Å². The van der Waals surface area contributed by atoms with Gasteiger partial charge in [0.15, 0.2) is 0 Å². The van der Waals surface area contributed by atoms with Crippen LogP contribution in [0.2, 0.25) is 0 Å². The summed E-state index contributed by atoms with van der Waals surface area (Å²) in [5.41, 5.74) is 0.959. The molecule has 2 bridgehead atoms. The average molecular weight is 344 g/mol. The number of imide groups is 1. The highest BCUT2D eigenvalue weighted by atomic mass is 19.1. The molecule has 1 aliphatic carbocycles. The second-order valence-corrected chi connectivity index (χ2v) is 9.15. The maximum Gasteiger partial charge on any atom is 0.251 e. The lowest BCUT2D eigenvalue weighted by Crippen LogP contribution is -2.45. The predicted octanol–water partition coefficient (Wildman–Crippen LogP) is 3.36. The largest absolute Gasteiger partial charge is 0.288 e. The standard InChI is InChI=1S/C20H25FN2O2/c1-19(2)9-15-10-20(3,11-19)12-22(15)16-8-17(24)23(18(16)25)14-6-4-13(21)5-7-14/h4-7,15-16H,8-12H2,1-3H3/t15-,16+,20+/m0/s1. The highest BCUT2D eigenvalue weighted by molar-refractivity contribution is 6.22. The van der Waals surface area contributed by atoms with E-state index in [1.54, 1.807) is 0 Å². The molecule has 4 rings (SSSR count). The summed E-state index contributed by atoms with van der Waals surface area (Å²) in [4.78, 5) is 29.0. The van der Waals surface area contributed by atoms with E-state index in [1.165, 1.54) is 29.2 Å². The Hall–Kier alpha value is -1.75. The van der Waals surface area contributed by atoms with E-state index in [1.807, 2.05) is 0 Å². The molecule has 0 unspecified atom stereocenters.